The number of hydrogen-bond donors (Lipinski definition) is 0. The number of nitriles is 1. The first-order valence-electron chi connectivity index (χ1n) is 7.48. The third-order valence-electron chi connectivity index (χ3n) is 3.98. The fourth-order valence-electron chi connectivity index (χ4n) is 2.98. The smallest absolute Gasteiger partial charge is 0.374 e. The van der Waals surface area contributed by atoms with Crippen LogP contribution in [0.2, 0.25) is 0 Å². The molecule has 22 heavy (non-hydrogen) atoms. The zero-order chi connectivity index (χ0) is 15.5. The lowest BCUT2D eigenvalue weighted by Crippen LogP contribution is -2.23. The van der Waals surface area contributed by atoms with Crippen LogP contribution in [0.1, 0.15) is 53.2 Å². The van der Waals surface area contributed by atoms with E-state index in [9.17, 15) is 4.79 Å². The lowest BCUT2D eigenvalue weighted by molar-refractivity contribution is 0.0503. The zero-order valence-electron chi connectivity index (χ0n) is 12.5. The maximum Gasteiger partial charge on any atom is 0.374 e. The number of rotatable bonds is 3. The first-order chi connectivity index (χ1) is 10.7. The van der Waals surface area contributed by atoms with Crippen molar-refractivity contribution >= 4 is 5.97 Å². The van der Waals surface area contributed by atoms with Gasteiger partial charge in [0.15, 0.2) is 0 Å². The van der Waals surface area contributed by atoms with Crippen molar-refractivity contribution in [2.45, 2.75) is 32.2 Å². The molecule has 2 heterocycles. The summed E-state index contributed by atoms with van der Waals surface area (Å²) in [5.74, 6) is -0.0137. The van der Waals surface area contributed by atoms with Crippen molar-refractivity contribution < 1.29 is 9.53 Å². The summed E-state index contributed by atoms with van der Waals surface area (Å²) in [6.07, 6.45) is 4.68. The molecule has 0 saturated carbocycles. The van der Waals surface area contributed by atoms with Gasteiger partial charge in [-0.1, -0.05) is 12.1 Å². The van der Waals surface area contributed by atoms with Gasteiger partial charge in [0.05, 0.1) is 24.3 Å². The third kappa shape index (κ3) is 2.48. The molecule has 0 N–H and O–H groups in total. The number of nitrogens with zero attached hydrogens (tertiary/aromatic N) is 3. The van der Waals surface area contributed by atoms with Crippen LogP contribution in [0.5, 0.6) is 0 Å². The predicted octanol–water partition coefficient (Wildman–Crippen LogP) is 2.86. The molecule has 1 atom stereocenters. The molecule has 1 aromatic carbocycles. The third-order valence-corrected chi connectivity index (χ3v) is 3.98. The van der Waals surface area contributed by atoms with Gasteiger partial charge in [-0.2, -0.15) is 5.26 Å². The average molecular weight is 295 g/mol. The van der Waals surface area contributed by atoms with Gasteiger partial charge in [0.1, 0.15) is 0 Å². The zero-order valence-corrected chi connectivity index (χ0v) is 12.5. The molecule has 0 amide bonds. The van der Waals surface area contributed by atoms with E-state index < -0.39 is 0 Å². The van der Waals surface area contributed by atoms with Crippen LogP contribution in [0, 0.1) is 11.3 Å². The van der Waals surface area contributed by atoms with Crippen LogP contribution in [0.25, 0.3) is 0 Å². The Balaban J connectivity index is 2.01. The standard InChI is InChI=1S/C17H17N3O2/c1-2-22-17(21)16-19-11-14-4-3-5-15(20(14)16)13-8-6-12(10-18)7-9-13/h6-9,11,15H,2-5H2,1H3. The van der Waals surface area contributed by atoms with E-state index in [2.05, 4.69) is 11.1 Å². The highest BCUT2D eigenvalue weighted by Gasteiger charge is 2.28. The van der Waals surface area contributed by atoms with Gasteiger partial charge in [-0.15, -0.1) is 0 Å². The number of ether oxygens (including phenoxy) is 1. The number of esters is 1. The van der Waals surface area contributed by atoms with Gasteiger partial charge in [-0.25, -0.2) is 9.78 Å². The van der Waals surface area contributed by atoms with Crippen LogP contribution in [0.15, 0.2) is 30.5 Å². The Morgan fingerprint density at radius 1 is 1.45 bits per heavy atom. The Bertz CT molecular complexity index is 725. The number of benzene rings is 1. The van der Waals surface area contributed by atoms with Crippen molar-refractivity contribution in [2.75, 3.05) is 6.61 Å². The maximum absolute atomic E-state index is 12.1. The largest absolute Gasteiger partial charge is 0.460 e. The SMILES string of the molecule is CCOC(=O)c1ncc2n1C(c1ccc(C#N)cc1)CCC2. The van der Waals surface area contributed by atoms with E-state index in [-0.39, 0.29) is 12.0 Å². The first-order valence-corrected chi connectivity index (χ1v) is 7.48. The molecule has 0 saturated heterocycles. The van der Waals surface area contributed by atoms with Crippen molar-refractivity contribution in [2.24, 2.45) is 0 Å². The highest BCUT2D eigenvalue weighted by atomic mass is 16.5. The second-order valence-electron chi connectivity index (χ2n) is 5.31. The van der Waals surface area contributed by atoms with Gasteiger partial charge in [-0.05, 0) is 43.9 Å². The Morgan fingerprint density at radius 2 is 2.23 bits per heavy atom. The van der Waals surface area contributed by atoms with Crippen molar-refractivity contribution in [3.63, 3.8) is 0 Å². The number of carbonyl (C=O) groups is 1. The number of imidazole rings is 1. The molecular formula is C17H17N3O2. The van der Waals surface area contributed by atoms with Crippen molar-refractivity contribution in [3.05, 3.63) is 53.1 Å². The van der Waals surface area contributed by atoms with Gasteiger partial charge in [0.2, 0.25) is 5.82 Å². The molecule has 0 aliphatic carbocycles. The van der Waals surface area contributed by atoms with Gasteiger partial charge in [0, 0.05) is 11.9 Å². The molecule has 0 radical (unpaired) electrons. The maximum atomic E-state index is 12.1. The fraction of sp³-hybridized carbons (Fsp3) is 0.353. The van der Waals surface area contributed by atoms with E-state index in [0.717, 1.165) is 30.5 Å². The molecule has 0 bridgehead atoms. The normalized spacial score (nSPS) is 16.6. The van der Waals surface area contributed by atoms with Gasteiger partial charge >= 0.3 is 5.97 Å². The minimum atomic E-state index is -0.380. The number of aryl methyl sites for hydroxylation is 1. The molecule has 112 valence electrons. The van der Waals surface area contributed by atoms with Crippen LogP contribution in [0.4, 0.5) is 0 Å². The Labute approximate surface area is 129 Å². The highest BCUT2D eigenvalue weighted by Crippen LogP contribution is 2.32. The molecule has 2 aromatic rings. The summed E-state index contributed by atoms with van der Waals surface area (Å²) in [5.41, 5.74) is 2.78. The Morgan fingerprint density at radius 3 is 2.91 bits per heavy atom. The summed E-state index contributed by atoms with van der Waals surface area (Å²) in [6, 6.07) is 9.72. The van der Waals surface area contributed by atoms with Gasteiger partial charge in [0.25, 0.3) is 0 Å². The lowest BCUT2D eigenvalue weighted by Gasteiger charge is -2.27. The van der Waals surface area contributed by atoms with Crippen molar-refractivity contribution in [3.8, 4) is 6.07 Å². The summed E-state index contributed by atoms with van der Waals surface area (Å²) in [4.78, 5) is 16.4. The topological polar surface area (TPSA) is 67.9 Å². The molecular weight excluding hydrogens is 278 g/mol. The van der Waals surface area contributed by atoms with Crippen LogP contribution >= 0.6 is 0 Å². The predicted molar refractivity (Wildman–Crippen MR) is 80.4 cm³/mol. The molecule has 0 spiro atoms. The first kappa shape index (κ1) is 14.3. The van der Waals surface area contributed by atoms with Gasteiger partial charge in [-0.3, -0.25) is 0 Å². The van der Waals surface area contributed by atoms with Crippen molar-refractivity contribution in [1.29, 1.82) is 5.26 Å². The quantitative estimate of drug-likeness (QED) is 0.817. The van der Waals surface area contributed by atoms with Gasteiger partial charge < -0.3 is 9.30 Å². The number of carbonyl (C=O) groups excluding carboxylic acids is 1. The molecule has 1 aliphatic rings. The number of hydrogen-bond acceptors (Lipinski definition) is 4. The minimum Gasteiger partial charge on any atom is -0.460 e. The summed E-state index contributed by atoms with van der Waals surface area (Å²) in [7, 11) is 0. The van der Waals surface area contributed by atoms with E-state index in [1.54, 1.807) is 13.1 Å². The molecule has 0 fully saturated rings. The molecule has 5 heteroatoms. The fourth-order valence-corrected chi connectivity index (χ4v) is 2.98. The second-order valence-corrected chi connectivity index (χ2v) is 5.31. The van der Waals surface area contributed by atoms with Crippen LogP contribution in [0.3, 0.4) is 0 Å². The highest BCUT2D eigenvalue weighted by molar-refractivity contribution is 5.85. The number of fused-ring (bicyclic) bond motifs is 1. The van der Waals surface area contributed by atoms with E-state index >= 15 is 0 Å². The van der Waals surface area contributed by atoms with Crippen LogP contribution in [-0.2, 0) is 11.2 Å². The Hall–Kier alpha value is -2.61. The number of aromatic nitrogens is 2. The van der Waals surface area contributed by atoms with E-state index in [0.29, 0.717) is 18.0 Å². The lowest BCUT2D eigenvalue weighted by atomic mass is 9.95. The molecule has 1 unspecified atom stereocenters. The second kappa shape index (κ2) is 6.02. The monoisotopic (exact) mass is 295 g/mol. The van der Waals surface area contributed by atoms with Crippen LogP contribution < -0.4 is 0 Å². The summed E-state index contributed by atoms with van der Waals surface area (Å²) in [6.45, 7) is 2.12. The van der Waals surface area contributed by atoms with E-state index in [1.807, 2.05) is 28.8 Å². The Kier molecular flexibility index (Phi) is 3.92. The average Bonchev–Trinajstić information content (AvgIpc) is 2.99. The molecule has 5 nitrogen and oxygen atoms in total. The summed E-state index contributed by atoms with van der Waals surface area (Å²) < 4.78 is 7.10. The molecule has 3 rings (SSSR count). The summed E-state index contributed by atoms with van der Waals surface area (Å²) in [5, 5.41) is 8.91. The minimum absolute atomic E-state index is 0.0680. The van der Waals surface area contributed by atoms with E-state index in [1.165, 1.54) is 0 Å². The molecule has 1 aromatic heterocycles. The van der Waals surface area contributed by atoms with Crippen molar-refractivity contribution in [1.82, 2.24) is 9.55 Å². The summed E-state index contributed by atoms with van der Waals surface area (Å²) >= 11 is 0. The van der Waals surface area contributed by atoms with E-state index in [4.69, 9.17) is 10.00 Å². The molecule has 1 aliphatic heterocycles. The van der Waals surface area contributed by atoms with Crippen LogP contribution in [-0.4, -0.2) is 22.1 Å².